The molecule has 1 N–H and O–H groups in total. The summed E-state index contributed by atoms with van der Waals surface area (Å²) in [5.41, 5.74) is 0.967. The number of halogens is 2. The zero-order chi connectivity index (χ0) is 20.7. The fourth-order valence-corrected chi connectivity index (χ4v) is 5.76. The van der Waals surface area contributed by atoms with E-state index in [1.807, 2.05) is 54.6 Å². The molecule has 2 bridgehead atoms. The average Bonchev–Trinajstić information content (AvgIpc) is 2.96. The lowest BCUT2D eigenvalue weighted by molar-refractivity contribution is -0.139. The molecule has 2 saturated heterocycles. The Hall–Kier alpha value is -1.98. The summed E-state index contributed by atoms with van der Waals surface area (Å²) < 4.78 is 0. The monoisotopic (exact) mass is 439 g/mol. The number of aliphatic hydroxyl groups is 1. The second-order valence-electron chi connectivity index (χ2n) is 8.27. The predicted octanol–water partition coefficient (Wildman–Crippen LogP) is 5.60. The Bertz CT molecular complexity index is 1000. The summed E-state index contributed by atoms with van der Waals surface area (Å²) in [6.45, 7) is 0. The van der Waals surface area contributed by atoms with Gasteiger partial charge < -0.3 is 5.11 Å². The van der Waals surface area contributed by atoms with Gasteiger partial charge in [-0.3, -0.25) is 4.90 Å². The first-order valence-corrected chi connectivity index (χ1v) is 11.1. The van der Waals surface area contributed by atoms with Gasteiger partial charge in [-0.1, -0.05) is 59.6 Å². The molecule has 2 aliphatic heterocycles. The van der Waals surface area contributed by atoms with Crippen molar-refractivity contribution >= 4 is 23.2 Å². The maximum Gasteiger partial charge on any atom is 0.131 e. The molecule has 3 heterocycles. The third-order valence-corrected chi connectivity index (χ3v) is 7.20. The highest BCUT2D eigenvalue weighted by Crippen LogP contribution is 2.53. The molecule has 30 heavy (non-hydrogen) atoms. The van der Waals surface area contributed by atoms with E-state index in [-0.39, 0.29) is 18.0 Å². The van der Waals surface area contributed by atoms with Crippen LogP contribution in [-0.2, 0) is 0 Å². The standard InChI is InChI=1S/C24H23Cl2N3O/c25-20-8-3-1-6-18(20)22(19-7-2-4-9-21(19)26)29-17-10-11-24(29,30)15-16(14-17)23-27-12-5-13-28-23/h1-9,12-13,16-17,22,30H,10-11,14-15H2. The minimum Gasteiger partial charge on any atom is -0.376 e. The van der Waals surface area contributed by atoms with Crippen molar-refractivity contribution in [3.8, 4) is 0 Å². The number of hydrogen-bond acceptors (Lipinski definition) is 4. The van der Waals surface area contributed by atoms with Gasteiger partial charge in [0.2, 0.25) is 0 Å². The third-order valence-electron chi connectivity index (χ3n) is 6.51. The van der Waals surface area contributed by atoms with Crippen LogP contribution in [-0.4, -0.2) is 31.7 Å². The normalized spacial score (nSPS) is 26.3. The minimum atomic E-state index is -0.963. The first-order chi connectivity index (χ1) is 14.6. The van der Waals surface area contributed by atoms with Crippen LogP contribution < -0.4 is 0 Å². The van der Waals surface area contributed by atoms with Crippen LogP contribution in [0.15, 0.2) is 67.0 Å². The molecule has 3 aromatic rings. The molecule has 0 radical (unpaired) electrons. The van der Waals surface area contributed by atoms with Gasteiger partial charge in [0.05, 0.1) is 6.04 Å². The van der Waals surface area contributed by atoms with Crippen molar-refractivity contribution in [3.05, 3.63) is 94.0 Å². The Balaban J connectivity index is 1.59. The van der Waals surface area contributed by atoms with Crippen LogP contribution in [0.2, 0.25) is 10.0 Å². The van der Waals surface area contributed by atoms with Gasteiger partial charge in [0.15, 0.2) is 0 Å². The molecular weight excluding hydrogens is 417 g/mol. The van der Waals surface area contributed by atoms with Crippen molar-refractivity contribution in [3.63, 3.8) is 0 Å². The summed E-state index contributed by atoms with van der Waals surface area (Å²) in [7, 11) is 0. The summed E-state index contributed by atoms with van der Waals surface area (Å²) in [6.07, 6.45) is 6.68. The SMILES string of the molecule is OC12CCC(CC(c3ncccn3)C1)N2C(c1ccccc1Cl)c1ccccc1Cl. The number of rotatable bonds is 4. The van der Waals surface area contributed by atoms with Crippen molar-refractivity contribution in [2.24, 2.45) is 0 Å². The van der Waals surface area contributed by atoms with Crippen LogP contribution in [0.1, 0.15) is 54.6 Å². The van der Waals surface area contributed by atoms with Crippen molar-refractivity contribution in [1.82, 2.24) is 14.9 Å². The van der Waals surface area contributed by atoms with Gasteiger partial charge in [-0.05, 0) is 55.0 Å². The molecule has 0 saturated carbocycles. The molecule has 0 amide bonds. The summed E-state index contributed by atoms with van der Waals surface area (Å²) in [5, 5.41) is 13.2. The van der Waals surface area contributed by atoms with E-state index in [1.54, 1.807) is 12.4 Å². The van der Waals surface area contributed by atoms with Gasteiger partial charge in [-0.2, -0.15) is 0 Å². The summed E-state index contributed by atoms with van der Waals surface area (Å²) >= 11 is 13.3. The van der Waals surface area contributed by atoms with Crippen LogP contribution in [0, 0.1) is 0 Å². The Morgan fingerprint density at radius 1 is 0.933 bits per heavy atom. The predicted molar refractivity (Wildman–Crippen MR) is 119 cm³/mol. The second kappa shape index (κ2) is 7.93. The maximum absolute atomic E-state index is 11.9. The molecule has 6 heteroatoms. The van der Waals surface area contributed by atoms with Crippen molar-refractivity contribution in [2.75, 3.05) is 0 Å². The van der Waals surface area contributed by atoms with Crippen LogP contribution in [0.5, 0.6) is 0 Å². The number of aromatic nitrogens is 2. The Morgan fingerprint density at radius 2 is 1.53 bits per heavy atom. The molecule has 5 rings (SSSR count). The van der Waals surface area contributed by atoms with Crippen molar-refractivity contribution < 1.29 is 5.11 Å². The molecule has 2 aromatic carbocycles. The van der Waals surface area contributed by atoms with E-state index >= 15 is 0 Å². The zero-order valence-electron chi connectivity index (χ0n) is 16.5. The molecule has 0 aliphatic carbocycles. The second-order valence-corrected chi connectivity index (χ2v) is 9.09. The summed E-state index contributed by atoms with van der Waals surface area (Å²) in [5.74, 6) is 0.951. The topological polar surface area (TPSA) is 49.3 Å². The average molecular weight is 440 g/mol. The van der Waals surface area contributed by atoms with E-state index in [2.05, 4.69) is 14.9 Å². The van der Waals surface area contributed by atoms with Crippen molar-refractivity contribution in [1.29, 1.82) is 0 Å². The zero-order valence-corrected chi connectivity index (χ0v) is 18.0. The number of piperidine rings is 1. The lowest BCUT2D eigenvalue weighted by Crippen LogP contribution is -2.54. The fourth-order valence-electron chi connectivity index (χ4n) is 5.28. The molecule has 2 fully saturated rings. The lowest BCUT2D eigenvalue weighted by Gasteiger charge is -2.48. The number of fused-ring (bicyclic) bond motifs is 2. The van der Waals surface area contributed by atoms with E-state index in [0.29, 0.717) is 22.9 Å². The van der Waals surface area contributed by atoms with E-state index in [9.17, 15) is 5.11 Å². The highest BCUT2D eigenvalue weighted by Gasteiger charge is 2.54. The Kier molecular flexibility index (Phi) is 5.28. The highest BCUT2D eigenvalue weighted by atomic mass is 35.5. The minimum absolute atomic E-state index is 0.137. The van der Waals surface area contributed by atoms with Gasteiger partial charge in [0, 0.05) is 34.4 Å². The molecular formula is C24H23Cl2N3O. The first-order valence-electron chi connectivity index (χ1n) is 10.3. The van der Waals surface area contributed by atoms with E-state index in [4.69, 9.17) is 23.2 Å². The van der Waals surface area contributed by atoms with Crippen LogP contribution >= 0.6 is 23.2 Å². The summed E-state index contributed by atoms with van der Waals surface area (Å²) in [4.78, 5) is 11.2. The molecule has 3 unspecified atom stereocenters. The highest BCUT2D eigenvalue weighted by molar-refractivity contribution is 6.32. The number of hydrogen-bond donors (Lipinski definition) is 1. The van der Waals surface area contributed by atoms with Gasteiger partial charge in [-0.25, -0.2) is 9.97 Å². The number of nitrogens with zero attached hydrogens (tertiary/aromatic N) is 3. The quantitative estimate of drug-likeness (QED) is 0.574. The smallest absolute Gasteiger partial charge is 0.131 e. The Labute approximate surface area is 186 Å². The van der Waals surface area contributed by atoms with Gasteiger partial charge in [-0.15, -0.1) is 0 Å². The first kappa shape index (κ1) is 20.0. The molecule has 0 spiro atoms. The van der Waals surface area contributed by atoms with Crippen LogP contribution in [0.25, 0.3) is 0 Å². The van der Waals surface area contributed by atoms with E-state index in [1.165, 1.54) is 0 Å². The largest absolute Gasteiger partial charge is 0.376 e. The lowest BCUT2D eigenvalue weighted by atomic mass is 9.84. The van der Waals surface area contributed by atoms with Gasteiger partial charge in [0.25, 0.3) is 0 Å². The van der Waals surface area contributed by atoms with Gasteiger partial charge in [0.1, 0.15) is 11.5 Å². The van der Waals surface area contributed by atoms with E-state index < -0.39 is 5.72 Å². The number of benzene rings is 2. The summed E-state index contributed by atoms with van der Waals surface area (Å²) in [6, 6.07) is 17.5. The maximum atomic E-state index is 11.9. The van der Waals surface area contributed by atoms with Crippen molar-refractivity contribution in [2.45, 2.75) is 49.4 Å². The molecule has 1 aromatic heterocycles. The molecule has 4 nitrogen and oxygen atoms in total. The van der Waals surface area contributed by atoms with E-state index in [0.717, 1.165) is 29.8 Å². The molecule has 2 aliphatic rings. The van der Waals surface area contributed by atoms with Crippen LogP contribution in [0.4, 0.5) is 0 Å². The van der Waals surface area contributed by atoms with Crippen LogP contribution in [0.3, 0.4) is 0 Å². The Morgan fingerprint density at radius 3 is 2.10 bits per heavy atom. The van der Waals surface area contributed by atoms with Gasteiger partial charge >= 0.3 is 0 Å². The molecule has 3 atom stereocenters. The molecule has 154 valence electrons. The third kappa shape index (κ3) is 3.42. The fraction of sp³-hybridized carbons (Fsp3) is 0.333.